The number of nitrogens with two attached hydrogens (primary N) is 1. The van der Waals surface area contributed by atoms with Crippen LogP contribution >= 0.6 is 15.9 Å². The summed E-state index contributed by atoms with van der Waals surface area (Å²) in [4.78, 5) is 13.6. The molecule has 0 aliphatic rings. The fourth-order valence-electron chi connectivity index (χ4n) is 2.02. The van der Waals surface area contributed by atoms with E-state index in [0.29, 0.717) is 11.3 Å². The Bertz CT molecular complexity index is 663. The molecule has 0 bridgehead atoms. The summed E-state index contributed by atoms with van der Waals surface area (Å²) in [5.41, 5.74) is 9.96. The van der Waals surface area contributed by atoms with Crippen LogP contribution in [0.15, 0.2) is 40.9 Å². The molecule has 0 saturated heterocycles. The van der Waals surface area contributed by atoms with Crippen molar-refractivity contribution in [3.63, 3.8) is 0 Å². The van der Waals surface area contributed by atoms with Gasteiger partial charge in [0.15, 0.2) is 0 Å². The molecular weight excluding hydrogens is 330 g/mol. The summed E-state index contributed by atoms with van der Waals surface area (Å²) in [5.74, 6) is -0.0523. The van der Waals surface area contributed by atoms with Crippen LogP contribution in [-0.4, -0.2) is 24.9 Å². The lowest BCUT2D eigenvalue weighted by molar-refractivity contribution is 0.0827. The Morgan fingerprint density at radius 1 is 1.19 bits per heavy atom. The molecule has 0 fully saturated rings. The van der Waals surface area contributed by atoms with E-state index in [-0.39, 0.29) is 5.91 Å². The van der Waals surface area contributed by atoms with E-state index in [0.717, 1.165) is 21.4 Å². The lowest BCUT2D eigenvalue weighted by Crippen LogP contribution is -2.21. The Labute approximate surface area is 133 Å². The minimum atomic E-state index is -0.0523. The summed E-state index contributed by atoms with van der Waals surface area (Å²) >= 11 is 3.47. The summed E-state index contributed by atoms with van der Waals surface area (Å²) in [6.45, 7) is 2.02. The minimum Gasteiger partial charge on any atom is -0.397 e. The number of nitrogens with one attached hydrogen (secondary N) is 1. The van der Waals surface area contributed by atoms with Crippen molar-refractivity contribution in [2.24, 2.45) is 0 Å². The van der Waals surface area contributed by atoms with E-state index in [1.54, 1.807) is 37.2 Å². The third-order valence-electron chi connectivity index (χ3n) is 3.03. The largest absolute Gasteiger partial charge is 0.397 e. The van der Waals surface area contributed by atoms with E-state index in [1.807, 2.05) is 25.1 Å². The predicted octanol–water partition coefficient (Wildman–Crippen LogP) is 3.79. The highest BCUT2D eigenvalue weighted by molar-refractivity contribution is 9.10. The average molecular weight is 348 g/mol. The van der Waals surface area contributed by atoms with Crippen LogP contribution in [0, 0.1) is 6.92 Å². The lowest BCUT2D eigenvalue weighted by atomic mass is 10.1. The number of nitrogens with zero attached hydrogens (tertiary/aromatic N) is 1. The number of amides is 1. The van der Waals surface area contributed by atoms with E-state index in [4.69, 9.17) is 5.73 Å². The smallest absolute Gasteiger partial charge is 0.253 e. The maximum absolute atomic E-state index is 12.0. The number of carbonyl (C=O) groups is 1. The number of aryl methyl sites for hydroxylation is 1. The second kappa shape index (κ2) is 6.18. The topological polar surface area (TPSA) is 58.4 Å². The lowest BCUT2D eigenvalue weighted by Gasteiger charge is -2.14. The van der Waals surface area contributed by atoms with Crippen molar-refractivity contribution in [1.29, 1.82) is 0 Å². The number of rotatable bonds is 3. The summed E-state index contributed by atoms with van der Waals surface area (Å²) in [7, 11) is 3.45. The van der Waals surface area contributed by atoms with Gasteiger partial charge < -0.3 is 16.0 Å². The number of carbonyl (C=O) groups excluding carboxylic acids is 1. The summed E-state index contributed by atoms with van der Waals surface area (Å²) in [6.07, 6.45) is 0. The van der Waals surface area contributed by atoms with Gasteiger partial charge in [-0.05, 0) is 48.9 Å². The standard InChI is InChI=1S/C16H18BrN3O/c1-10-6-12(17)9-13(7-10)19-15-8-11(4-5-14(15)18)16(21)20(2)3/h4-9,19H,18H2,1-3H3. The van der Waals surface area contributed by atoms with Crippen molar-refractivity contribution in [3.05, 3.63) is 52.0 Å². The van der Waals surface area contributed by atoms with Crippen LogP contribution in [0.25, 0.3) is 0 Å². The molecule has 0 spiro atoms. The Morgan fingerprint density at radius 2 is 1.90 bits per heavy atom. The molecule has 110 valence electrons. The molecular formula is C16H18BrN3O. The molecule has 2 aromatic carbocycles. The first-order valence-corrected chi connectivity index (χ1v) is 7.31. The fraction of sp³-hybridized carbons (Fsp3) is 0.188. The van der Waals surface area contributed by atoms with Crippen LogP contribution in [0.3, 0.4) is 0 Å². The Kier molecular flexibility index (Phi) is 4.53. The van der Waals surface area contributed by atoms with E-state index >= 15 is 0 Å². The highest BCUT2D eigenvalue weighted by Crippen LogP contribution is 2.27. The first-order chi connectivity index (χ1) is 9.86. The third kappa shape index (κ3) is 3.76. The van der Waals surface area contributed by atoms with Crippen molar-refractivity contribution in [2.45, 2.75) is 6.92 Å². The van der Waals surface area contributed by atoms with E-state index in [9.17, 15) is 4.79 Å². The number of hydrogen-bond donors (Lipinski definition) is 2. The second-order valence-electron chi connectivity index (χ2n) is 5.14. The van der Waals surface area contributed by atoms with Crippen LogP contribution in [0.4, 0.5) is 17.1 Å². The van der Waals surface area contributed by atoms with Crippen LogP contribution < -0.4 is 11.1 Å². The number of anilines is 3. The Balaban J connectivity index is 2.35. The van der Waals surface area contributed by atoms with Crippen LogP contribution in [0.1, 0.15) is 15.9 Å². The van der Waals surface area contributed by atoms with E-state index in [2.05, 4.69) is 21.2 Å². The zero-order valence-corrected chi connectivity index (χ0v) is 13.9. The van der Waals surface area contributed by atoms with Crippen molar-refractivity contribution < 1.29 is 4.79 Å². The highest BCUT2D eigenvalue weighted by Gasteiger charge is 2.10. The molecule has 0 aliphatic heterocycles. The minimum absolute atomic E-state index is 0.0523. The van der Waals surface area contributed by atoms with Gasteiger partial charge in [0.1, 0.15) is 0 Å². The van der Waals surface area contributed by atoms with Gasteiger partial charge in [-0.1, -0.05) is 15.9 Å². The number of halogens is 1. The van der Waals surface area contributed by atoms with Crippen molar-refractivity contribution in [2.75, 3.05) is 25.1 Å². The number of nitrogen functional groups attached to an aromatic ring is 1. The molecule has 21 heavy (non-hydrogen) atoms. The predicted molar refractivity (Wildman–Crippen MR) is 91.0 cm³/mol. The molecule has 4 nitrogen and oxygen atoms in total. The van der Waals surface area contributed by atoms with Crippen molar-refractivity contribution >= 4 is 38.9 Å². The highest BCUT2D eigenvalue weighted by atomic mass is 79.9. The molecule has 0 unspecified atom stereocenters. The van der Waals surface area contributed by atoms with Gasteiger partial charge in [0, 0.05) is 29.8 Å². The normalized spacial score (nSPS) is 10.3. The van der Waals surface area contributed by atoms with Gasteiger partial charge in [-0.15, -0.1) is 0 Å². The van der Waals surface area contributed by atoms with Gasteiger partial charge in [-0.3, -0.25) is 4.79 Å². The Hall–Kier alpha value is -2.01. The SMILES string of the molecule is Cc1cc(Br)cc(Nc2cc(C(=O)N(C)C)ccc2N)c1. The second-order valence-corrected chi connectivity index (χ2v) is 6.06. The van der Waals surface area contributed by atoms with Gasteiger partial charge in [0.25, 0.3) is 5.91 Å². The maximum atomic E-state index is 12.0. The zero-order chi connectivity index (χ0) is 15.6. The average Bonchev–Trinajstić information content (AvgIpc) is 2.39. The van der Waals surface area contributed by atoms with Crippen molar-refractivity contribution in [1.82, 2.24) is 4.90 Å². The van der Waals surface area contributed by atoms with E-state index in [1.165, 1.54) is 0 Å². The molecule has 5 heteroatoms. The summed E-state index contributed by atoms with van der Waals surface area (Å²) in [5, 5.41) is 3.26. The molecule has 0 heterocycles. The molecule has 0 saturated carbocycles. The molecule has 0 radical (unpaired) electrons. The quantitative estimate of drug-likeness (QED) is 0.830. The van der Waals surface area contributed by atoms with Gasteiger partial charge in [-0.25, -0.2) is 0 Å². The first-order valence-electron chi connectivity index (χ1n) is 6.52. The molecule has 0 aromatic heterocycles. The summed E-state index contributed by atoms with van der Waals surface area (Å²) in [6, 6.07) is 11.3. The third-order valence-corrected chi connectivity index (χ3v) is 3.49. The van der Waals surface area contributed by atoms with Gasteiger partial charge >= 0.3 is 0 Å². The molecule has 0 aliphatic carbocycles. The van der Waals surface area contributed by atoms with Gasteiger partial charge in [-0.2, -0.15) is 0 Å². The number of hydrogen-bond acceptors (Lipinski definition) is 3. The maximum Gasteiger partial charge on any atom is 0.253 e. The van der Waals surface area contributed by atoms with Crippen LogP contribution in [0.2, 0.25) is 0 Å². The molecule has 3 N–H and O–H groups in total. The molecule has 2 rings (SSSR count). The van der Waals surface area contributed by atoms with Gasteiger partial charge in [0.2, 0.25) is 0 Å². The Morgan fingerprint density at radius 3 is 2.52 bits per heavy atom. The summed E-state index contributed by atoms with van der Waals surface area (Å²) < 4.78 is 0.990. The fourth-order valence-corrected chi connectivity index (χ4v) is 2.63. The van der Waals surface area contributed by atoms with Gasteiger partial charge in [0.05, 0.1) is 11.4 Å². The molecule has 1 amide bonds. The monoisotopic (exact) mass is 347 g/mol. The van der Waals surface area contributed by atoms with Crippen LogP contribution in [-0.2, 0) is 0 Å². The van der Waals surface area contributed by atoms with Crippen molar-refractivity contribution in [3.8, 4) is 0 Å². The molecule has 0 atom stereocenters. The van der Waals surface area contributed by atoms with E-state index < -0.39 is 0 Å². The first kappa shape index (κ1) is 15.4. The number of benzene rings is 2. The zero-order valence-electron chi connectivity index (χ0n) is 12.3. The van der Waals surface area contributed by atoms with Crippen LogP contribution in [0.5, 0.6) is 0 Å². The molecule has 2 aromatic rings.